The van der Waals surface area contributed by atoms with Crippen LogP contribution in [-0.2, 0) is 20.9 Å². The zero-order chi connectivity index (χ0) is 15.9. The number of esters is 1. The van der Waals surface area contributed by atoms with Crippen molar-refractivity contribution in [2.75, 3.05) is 20.3 Å². The van der Waals surface area contributed by atoms with E-state index in [-0.39, 0.29) is 6.61 Å². The average molecular weight is 298 g/mol. The van der Waals surface area contributed by atoms with Crippen molar-refractivity contribution in [3.8, 4) is 5.75 Å². The molecule has 2 N–H and O–H groups in total. The van der Waals surface area contributed by atoms with Crippen molar-refractivity contribution in [3.05, 3.63) is 29.8 Å². The Labute approximate surface area is 124 Å². The molecule has 0 aliphatic heterocycles. The Hall–Kier alpha value is -1.63. The fourth-order valence-corrected chi connectivity index (χ4v) is 1.65. The van der Waals surface area contributed by atoms with E-state index in [0.29, 0.717) is 6.61 Å². The Bertz CT molecular complexity index is 440. The average Bonchev–Trinajstić information content (AvgIpc) is 2.46. The lowest BCUT2D eigenvalue weighted by Gasteiger charge is -2.30. The minimum absolute atomic E-state index is 0.0147. The van der Waals surface area contributed by atoms with Crippen molar-refractivity contribution >= 4 is 5.97 Å². The third kappa shape index (κ3) is 5.71. The molecular formula is C15H22O6. The van der Waals surface area contributed by atoms with Crippen LogP contribution in [0.5, 0.6) is 5.75 Å². The molecule has 0 aliphatic rings. The molecule has 21 heavy (non-hydrogen) atoms. The lowest BCUT2D eigenvalue weighted by molar-refractivity contribution is -0.174. The highest BCUT2D eigenvalue weighted by Crippen LogP contribution is 2.16. The van der Waals surface area contributed by atoms with Crippen LogP contribution in [0, 0.1) is 0 Å². The van der Waals surface area contributed by atoms with Gasteiger partial charge in [-0.2, -0.15) is 0 Å². The summed E-state index contributed by atoms with van der Waals surface area (Å²) in [5, 5.41) is 19.1. The number of hydrogen-bond acceptors (Lipinski definition) is 6. The predicted octanol–water partition coefficient (Wildman–Crippen LogP) is 0.887. The van der Waals surface area contributed by atoms with Crippen LogP contribution in [0.3, 0.4) is 0 Å². The SMILES string of the molecule is COc1ccc(COC[C@H](OC(C)=O)[C@](C)(O)CO)cc1. The molecule has 1 rings (SSSR count). The molecule has 0 fully saturated rings. The van der Waals surface area contributed by atoms with Gasteiger partial charge in [-0.05, 0) is 24.6 Å². The van der Waals surface area contributed by atoms with Gasteiger partial charge in [-0.1, -0.05) is 12.1 Å². The van der Waals surface area contributed by atoms with Gasteiger partial charge >= 0.3 is 5.97 Å². The van der Waals surface area contributed by atoms with E-state index in [1.54, 1.807) is 7.11 Å². The first-order chi connectivity index (χ1) is 9.89. The highest BCUT2D eigenvalue weighted by molar-refractivity contribution is 5.66. The number of benzene rings is 1. The van der Waals surface area contributed by atoms with E-state index in [4.69, 9.17) is 19.3 Å². The van der Waals surface area contributed by atoms with Crippen LogP contribution in [0.1, 0.15) is 19.4 Å². The zero-order valence-electron chi connectivity index (χ0n) is 12.5. The first-order valence-electron chi connectivity index (χ1n) is 6.60. The van der Waals surface area contributed by atoms with E-state index in [1.165, 1.54) is 13.8 Å². The van der Waals surface area contributed by atoms with Gasteiger partial charge in [-0.15, -0.1) is 0 Å². The maximum Gasteiger partial charge on any atom is 0.303 e. The van der Waals surface area contributed by atoms with E-state index in [0.717, 1.165) is 11.3 Å². The van der Waals surface area contributed by atoms with Gasteiger partial charge in [0.15, 0.2) is 6.10 Å². The standard InChI is InChI=1S/C15H22O6/c1-11(17)21-14(15(2,18)10-16)9-20-8-12-4-6-13(19-3)7-5-12/h4-7,14,16,18H,8-10H2,1-3H3/t14-,15+/m0/s1. The molecule has 2 atom stereocenters. The van der Waals surface area contributed by atoms with Gasteiger partial charge in [0, 0.05) is 6.92 Å². The monoisotopic (exact) mass is 298 g/mol. The largest absolute Gasteiger partial charge is 0.497 e. The molecule has 0 aromatic heterocycles. The Morgan fingerprint density at radius 2 is 1.95 bits per heavy atom. The minimum Gasteiger partial charge on any atom is -0.497 e. The first-order valence-corrected chi connectivity index (χ1v) is 6.60. The van der Waals surface area contributed by atoms with Crippen molar-refractivity contribution in [2.45, 2.75) is 32.2 Å². The van der Waals surface area contributed by atoms with Crippen LogP contribution < -0.4 is 4.74 Å². The van der Waals surface area contributed by atoms with Crippen molar-refractivity contribution in [3.63, 3.8) is 0 Å². The lowest BCUT2D eigenvalue weighted by Crippen LogP contribution is -2.47. The highest BCUT2D eigenvalue weighted by Gasteiger charge is 2.34. The quantitative estimate of drug-likeness (QED) is 0.693. The molecule has 0 saturated carbocycles. The summed E-state index contributed by atoms with van der Waals surface area (Å²) in [5.74, 6) is 0.210. The van der Waals surface area contributed by atoms with Gasteiger partial charge in [0.2, 0.25) is 0 Å². The van der Waals surface area contributed by atoms with Gasteiger partial charge < -0.3 is 24.4 Å². The predicted molar refractivity (Wildman–Crippen MR) is 75.9 cm³/mol. The molecule has 6 nitrogen and oxygen atoms in total. The summed E-state index contributed by atoms with van der Waals surface area (Å²) < 4.78 is 15.5. The highest BCUT2D eigenvalue weighted by atomic mass is 16.6. The Morgan fingerprint density at radius 3 is 2.43 bits per heavy atom. The lowest BCUT2D eigenvalue weighted by atomic mass is 10.0. The van der Waals surface area contributed by atoms with E-state index in [9.17, 15) is 9.90 Å². The van der Waals surface area contributed by atoms with Gasteiger partial charge in [0.25, 0.3) is 0 Å². The van der Waals surface area contributed by atoms with Crippen molar-refractivity contribution in [1.29, 1.82) is 0 Å². The fourth-order valence-electron chi connectivity index (χ4n) is 1.65. The molecule has 6 heteroatoms. The Balaban J connectivity index is 2.54. The molecule has 118 valence electrons. The van der Waals surface area contributed by atoms with Crippen LogP contribution in [0.25, 0.3) is 0 Å². The normalized spacial score (nSPS) is 15.1. The van der Waals surface area contributed by atoms with Gasteiger partial charge in [-0.25, -0.2) is 0 Å². The number of carbonyl (C=O) groups excluding carboxylic acids is 1. The number of ether oxygens (including phenoxy) is 3. The van der Waals surface area contributed by atoms with Crippen LogP contribution in [0.15, 0.2) is 24.3 Å². The summed E-state index contributed by atoms with van der Waals surface area (Å²) in [6.45, 7) is 2.38. The summed E-state index contributed by atoms with van der Waals surface area (Å²) in [6.07, 6.45) is -0.932. The van der Waals surface area contributed by atoms with E-state index >= 15 is 0 Å². The third-order valence-electron chi connectivity index (χ3n) is 3.02. The fraction of sp³-hybridized carbons (Fsp3) is 0.533. The minimum atomic E-state index is -1.55. The summed E-state index contributed by atoms with van der Waals surface area (Å²) in [7, 11) is 1.59. The van der Waals surface area contributed by atoms with Gasteiger partial charge in [0.1, 0.15) is 11.4 Å². The molecule has 0 saturated heterocycles. The van der Waals surface area contributed by atoms with Gasteiger partial charge in [0.05, 0.1) is 26.9 Å². The Kier molecular flexibility index (Phi) is 6.61. The van der Waals surface area contributed by atoms with E-state index in [2.05, 4.69) is 0 Å². The summed E-state index contributed by atoms with van der Waals surface area (Å²) in [6, 6.07) is 7.33. The van der Waals surface area contributed by atoms with E-state index < -0.39 is 24.3 Å². The molecule has 0 heterocycles. The number of aliphatic hydroxyl groups excluding tert-OH is 1. The number of aliphatic hydroxyl groups is 2. The van der Waals surface area contributed by atoms with Crippen molar-refractivity contribution in [2.24, 2.45) is 0 Å². The second-order valence-electron chi connectivity index (χ2n) is 4.98. The molecule has 0 bridgehead atoms. The second-order valence-corrected chi connectivity index (χ2v) is 4.98. The van der Waals surface area contributed by atoms with Crippen LogP contribution in [0.2, 0.25) is 0 Å². The third-order valence-corrected chi connectivity index (χ3v) is 3.02. The molecule has 0 aliphatic carbocycles. The summed E-state index contributed by atoms with van der Waals surface area (Å²) in [5.41, 5.74) is -0.632. The zero-order valence-corrected chi connectivity index (χ0v) is 12.5. The number of carbonyl (C=O) groups is 1. The van der Waals surface area contributed by atoms with Crippen molar-refractivity contribution in [1.82, 2.24) is 0 Å². The van der Waals surface area contributed by atoms with Crippen LogP contribution in [0.4, 0.5) is 0 Å². The van der Waals surface area contributed by atoms with Gasteiger partial charge in [-0.3, -0.25) is 4.79 Å². The molecule has 0 radical (unpaired) electrons. The molecule has 0 unspecified atom stereocenters. The molecule has 1 aromatic rings. The molecular weight excluding hydrogens is 276 g/mol. The van der Waals surface area contributed by atoms with Crippen molar-refractivity contribution < 1.29 is 29.2 Å². The first kappa shape index (κ1) is 17.4. The number of rotatable bonds is 8. The number of methoxy groups -OCH3 is 1. The molecule has 0 amide bonds. The molecule has 0 spiro atoms. The maximum atomic E-state index is 11.0. The molecule has 1 aromatic carbocycles. The summed E-state index contributed by atoms with van der Waals surface area (Å²) in [4.78, 5) is 11.0. The van der Waals surface area contributed by atoms with E-state index in [1.807, 2.05) is 24.3 Å². The smallest absolute Gasteiger partial charge is 0.303 e. The number of hydrogen-bond donors (Lipinski definition) is 2. The Morgan fingerprint density at radius 1 is 1.33 bits per heavy atom. The van der Waals surface area contributed by atoms with Crippen LogP contribution >= 0.6 is 0 Å². The second kappa shape index (κ2) is 7.97. The maximum absolute atomic E-state index is 11.0. The van der Waals surface area contributed by atoms with Crippen LogP contribution in [-0.4, -0.2) is 48.2 Å². The summed E-state index contributed by atoms with van der Waals surface area (Å²) >= 11 is 0. The topological polar surface area (TPSA) is 85.2 Å².